The van der Waals surface area contributed by atoms with Crippen molar-refractivity contribution in [2.75, 3.05) is 4.31 Å². The fraction of sp³-hybridized carbons (Fsp3) is 0.536. The van der Waals surface area contributed by atoms with E-state index in [1.165, 1.54) is 4.31 Å². The van der Waals surface area contributed by atoms with E-state index in [4.69, 9.17) is 16.0 Å². The number of sulfonamides is 1. The largest absolute Gasteiger partial charge is 0.405 e. The van der Waals surface area contributed by atoms with Crippen LogP contribution in [0.25, 0.3) is 0 Å². The molecule has 0 radical (unpaired) electrons. The molecule has 1 fully saturated rings. The van der Waals surface area contributed by atoms with Crippen molar-refractivity contribution in [1.29, 1.82) is 0 Å². The van der Waals surface area contributed by atoms with Gasteiger partial charge >= 0.3 is 0 Å². The van der Waals surface area contributed by atoms with E-state index >= 15 is 0 Å². The molecule has 37 heavy (non-hydrogen) atoms. The Balaban J connectivity index is 2.05. The molecule has 1 heterocycles. The van der Waals surface area contributed by atoms with Gasteiger partial charge in [-0.3, -0.25) is 9.10 Å². The molecule has 2 aromatic carbocycles. The number of fused-ring (bicyclic) bond motifs is 1. The van der Waals surface area contributed by atoms with Crippen LogP contribution < -0.4 is 9.62 Å². The third-order valence-corrected chi connectivity index (χ3v) is 10.2. The summed E-state index contributed by atoms with van der Waals surface area (Å²) in [6, 6.07) is 10.8. The minimum atomic E-state index is -4.11. The summed E-state index contributed by atoms with van der Waals surface area (Å²) in [6.07, 6.45) is 4.87. The minimum Gasteiger partial charge on any atom is -0.405 e. The number of amides is 1. The van der Waals surface area contributed by atoms with Crippen molar-refractivity contribution in [3.8, 4) is 0 Å². The predicted molar refractivity (Wildman–Crippen MR) is 152 cm³/mol. The highest BCUT2D eigenvalue weighted by Gasteiger charge is 2.63. The number of aryl methyl sites for hydroxylation is 1. The molecule has 1 aliphatic heterocycles. The zero-order valence-corrected chi connectivity index (χ0v) is 25.2. The van der Waals surface area contributed by atoms with Gasteiger partial charge in [-0.05, 0) is 89.5 Å². The van der Waals surface area contributed by atoms with Crippen LogP contribution in [0.1, 0.15) is 57.1 Å². The highest BCUT2D eigenvalue weighted by atomic mass is 35.5. The Morgan fingerprint density at radius 2 is 1.70 bits per heavy atom. The lowest BCUT2D eigenvalue weighted by atomic mass is 9.71. The summed E-state index contributed by atoms with van der Waals surface area (Å²) < 4.78 is 37.2. The first-order chi connectivity index (χ1) is 17.3. The second-order valence-electron chi connectivity index (χ2n) is 11.7. The molecule has 0 aromatic heterocycles. The molecule has 1 N–H and O–H groups in total. The first kappa shape index (κ1) is 28.1. The van der Waals surface area contributed by atoms with Gasteiger partial charge in [-0.25, -0.2) is 8.42 Å². The van der Waals surface area contributed by atoms with Crippen LogP contribution in [0.3, 0.4) is 0 Å². The van der Waals surface area contributed by atoms with Crippen LogP contribution in [0.2, 0.25) is 24.7 Å². The van der Waals surface area contributed by atoms with Crippen LogP contribution in [-0.2, 0) is 24.8 Å². The fourth-order valence-corrected chi connectivity index (χ4v) is 9.13. The summed E-state index contributed by atoms with van der Waals surface area (Å²) in [5.41, 5.74) is 0.994. The molecule has 4 rings (SSSR count). The number of anilines is 1. The molecule has 9 heteroatoms. The lowest BCUT2D eigenvalue weighted by Crippen LogP contribution is -2.62. The number of carbonyl (C=O) groups is 1. The summed E-state index contributed by atoms with van der Waals surface area (Å²) in [4.78, 5) is 14.3. The van der Waals surface area contributed by atoms with E-state index in [0.717, 1.165) is 37.7 Å². The molecule has 6 nitrogen and oxygen atoms in total. The maximum atomic E-state index is 14.4. The number of hydrogen-bond donors (Lipinski definition) is 1. The van der Waals surface area contributed by atoms with Crippen molar-refractivity contribution in [2.45, 2.75) is 95.1 Å². The molecule has 202 valence electrons. The Kier molecular flexibility index (Phi) is 7.88. The van der Waals surface area contributed by atoms with Crippen molar-refractivity contribution in [2.24, 2.45) is 5.92 Å². The van der Waals surface area contributed by atoms with Crippen molar-refractivity contribution in [3.63, 3.8) is 0 Å². The van der Waals surface area contributed by atoms with E-state index in [-0.39, 0.29) is 22.8 Å². The number of halogens is 1. The second kappa shape index (κ2) is 10.4. The molecule has 2 aliphatic rings. The summed E-state index contributed by atoms with van der Waals surface area (Å²) in [6.45, 7) is 12.0. The number of benzene rings is 2. The third kappa shape index (κ3) is 5.35. The van der Waals surface area contributed by atoms with Gasteiger partial charge in [-0.2, -0.15) is 0 Å². The smallest absolute Gasteiger partial charge is 0.265 e. The van der Waals surface area contributed by atoms with Gasteiger partial charge < -0.3 is 9.74 Å². The van der Waals surface area contributed by atoms with Gasteiger partial charge in [-0.15, -0.1) is 0 Å². The van der Waals surface area contributed by atoms with Gasteiger partial charge in [0.15, 0.2) is 14.4 Å². The molecule has 1 amide bonds. The standard InChI is InChI=1S/C28H39ClN2O4SSi/c1-19(2)30-27(32)26-28(35-37(4,5)6,21-10-8-7-9-11-21)24-18-22(29)14-17-25(24)31(26)36(33,34)23-15-12-20(3)13-16-23/h12-19,21,26H,7-11H2,1-6H3,(H,30,32). The minimum absolute atomic E-state index is 0.0219. The van der Waals surface area contributed by atoms with E-state index in [1.807, 2.05) is 26.8 Å². The number of hydrogen-bond acceptors (Lipinski definition) is 4. The fourth-order valence-electron chi connectivity index (χ4n) is 5.91. The van der Waals surface area contributed by atoms with Crippen LogP contribution in [0, 0.1) is 12.8 Å². The number of carbonyl (C=O) groups excluding carboxylic acids is 1. The maximum absolute atomic E-state index is 14.4. The average Bonchev–Trinajstić information content (AvgIpc) is 3.09. The van der Waals surface area contributed by atoms with Crippen LogP contribution in [0.5, 0.6) is 0 Å². The molecular weight excluding hydrogens is 524 g/mol. The van der Waals surface area contributed by atoms with Gasteiger partial charge in [0, 0.05) is 16.6 Å². The monoisotopic (exact) mass is 562 g/mol. The quantitative estimate of drug-likeness (QED) is 0.397. The van der Waals surface area contributed by atoms with E-state index in [1.54, 1.807) is 36.4 Å². The van der Waals surface area contributed by atoms with E-state index in [0.29, 0.717) is 16.3 Å². The van der Waals surface area contributed by atoms with Crippen LogP contribution in [0.4, 0.5) is 5.69 Å². The lowest BCUT2D eigenvalue weighted by Gasteiger charge is -2.48. The van der Waals surface area contributed by atoms with Gasteiger partial charge in [0.1, 0.15) is 5.60 Å². The Labute approximate surface area is 227 Å². The molecule has 1 saturated carbocycles. The third-order valence-electron chi connectivity index (χ3n) is 7.20. The maximum Gasteiger partial charge on any atom is 0.265 e. The Hall–Kier alpha value is -1.87. The van der Waals surface area contributed by atoms with Crippen LogP contribution in [-0.4, -0.2) is 34.7 Å². The SMILES string of the molecule is Cc1ccc(S(=O)(=O)N2c3ccc(Cl)cc3C(O[Si](C)(C)C)(C3CCCCC3)C2C(=O)NC(C)C)cc1. The topological polar surface area (TPSA) is 75.7 Å². The average molecular weight is 563 g/mol. The molecule has 0 spiro atoms. The van der Waals surface area contributed by atoms with Gasteiger partial charge in [0.05, 0.1) is 10.6 Å². The highest BCUT2D eigenvalue weighted by Crippen LogP contribution is 2.57. The summed E-state index contributed by atoms with van der Waals surface area (Å²) in [5, 5.41) is 3.53. The van der Waals surface area contributed by atoms with Gasteiger partial charge in [0.25, 0.3) is 10.0 Å². The molecule has 0 saturated heterocycles. The van der Waals surface area contributed by atoms with E-state index < -0.39 is 30.0 Å². The molecule has 0 bridgehead atoms. The zero-order chi connectivity index (χ0) is 27.2. The lowest BCUT2D eigenvalue weighted by molar-refractivity contribution is -0.131. The Bertz CT molecular complexity index is 1250. The van der Waals surface area contributed by atoms with Crippen LogP contribution in [0.15, 0.2) is 47.4 Å². The normalized spacial score (nSPS) is 22.8. The predicted octanol–water partition coefficient (Wildman–Crippen LogP) is 6.38. The van der Waals surface area contributed by atoms with Crippen molar-refractivity contribution < 1.29 is 17.6 Å². The van der Waals surface area contributed by atoms with E-state index in [2.05, 4.69) is 25.0 Å². The number of rotatable bonds is 7. The van der Waals surface area contributed by atoms with Gasteiger partial charge in [0.2, 0.25) is 5.91 Å². The van der Waals surface area contributed by atoms with Gasteiger partial charge in [-0.1, -0.05) is 48.6 Å². The molecule has 2 atom stereocenters. The summed E-state index contributed by atoms with van der Waals surface area (Å²) >= 11 is 6.56. The van der Waals surface area contributed by atoms with Crippen molar-refractivity contribution >= 4 is 41.5 Å². The van der Waals surface area contributed by atoms with Crippen molar-refractivity contribution in [3.05, 3.63) is 58.6 Å². The first-order valence-electron chi connectivity index (χ1n) is 13.2. The second-order valence-corrected chi connectivity index (χ2v) is 18.4. The van der Waals surface area contributed by atoms with Crippen LogP contribution >= 0.6 is 11.6 Å². The highest BCUT2D eigenvalue weighted by molar-refractivity contribution is 7.93. The Morgan fingerprint density at radius 1 is 1.08 bits per heavy atom. The molecular formula is C28H39ClN2O4SSi. The number of nitrogens with zero attached hydrogens (tertiary/aromatic N) is 1. The number of nitrogens with one attached hydrogen (secondary N) is 1. The summed E-state index contributed by atoms with van der Waals surface area (Å²) in [7, 11) is -6.42. The first-order valence-corrected chi connectivity index (χ1v) is 18.4. The zero-order valence-electron chi connectivity index (χ0n) is 22.7. The summed E-state index contributed by atoms with van der Waals surface area (Å²) in [5.74, 6) is -0.367. The molecule has 2 aromatic rings. The Morgan fingerprint density at radius 3 is 2.27 bits per heavy atom. The molecule has 1 aliphatic carbocycles. The van der Waals surface area contributed by atoms with E-state index in [9.17, 15) is 13.2 Å². The molecule has 2 unspecified atom stereocenters. The van der Waals surface area contributed by atoms with Crippen molar-refractivity contribution in [1.82, 2.24) is 5.32 Å².